The lowest BCUT2D eigenvalue weighted by Gasteiger charge is -2.02. The Kier molecular flexibility index (Phi) is 3.27. The second-order valence-electron chi connectivity index (χ2n) is 3.88. The summed E-state index contributed by atoms with van der Waals surface area (Å²) < 4.78 is 1.01. The number of fused-ring (bicyclic) bond motifs is 1. The van der Waals surface area contributed by atoms with Gasteiger partial charge < -0.3 is 5.32 Å². The molecular formula is C12H15N3O2. The predicted molar refractivity (Wildman–Crippen MR) is 66.3 cm³/mol. The van der Waals surface area contributed by atoms with Gasteiger partial charge in [-0.1, -0.05) is 25.5 Å². The number of unbranched alkanes of at least 4 members (excludes halogenated alkanes) is 1. The summed E-state index contributed by atoms with van der Waals surface area (Å²) in [6.07, 6.45) is 1.91. The van der Waals surface area contributed by atoms with Crippen LogP contribution in [0.3, 0.4) is 0 Å². The molecule has 1 aromatic carbocycles. The largest absolute Gasteiger partial charge is 0.343 e. The fourth-order valence-corrected chi connectivity index (χ4v) is 1.65. The molecule has 0 spiro atoms. The van der Waals surface area contributed by atoms with E-state index in [0.29, 0.717) is 17.4 Å². The molecule has 17 heavy (non-hydrogen) atoms. The SMILES string of the molecule is CCCCNC(=O)n1[nH]c2ccccc2c1=O. The Balaban J connectivity index is 2.27. The molecule has 0 unspecified atom stereocenters. The highest BCUT2D eigenvalue weighted by atomic mass is 16.2. The third kappa shape index (κ3) is 2.22. The molecule has 0 saturated carbocycles. The quantitative estimate of drug-likeness (QED) is 0.792. The highest BCUT2D eigenvalue weighted by molar-refractivity contribution is 5.84. The van der Waals surface area contributed by atoms with Gasteiger partial charge in [0.25, 0.3) is 5.56 Å². The fraction of sp³-hybridized carbons (Fsp3) is 0.333. The summed E-state index contributed by atoms with van der Waals surface area (Å²) in [6.45, 7) is 2.62. The summed E-state index contributed by atoms with van der Waals surface area (Å²) in [4.78, 5) is 23.6. The Labute approximate surface area is 98.4 Å². The molecule has 5 nitrogen and oxygen atoms in total. The number of rotatable bonds is 3. The number of aromatic amines is 1. The predicted octanol–water partition coefficient (Wildman–Crippen LogP) is 1.69. The second-order valence-corrected chi connectivity index (χ2v) is 3.88. The van der Waals surface area contributed by atoms with Crippen LogP contribution >= 0.6 is 0 Å². The van der Waals surface area contributed by atoms with Crippen LogP contribution in [0, 0.1) is 0 Å². The van der Waals surface area contributed by atoms with Crippen LogP contribution in [0.2, 0.25) is 0 Å². The average Bonchev–Trinajstić information content (AvgIpc) is 2.68. The van der Waals surface area contributed by atoms with Gasteiger partial charge in [-0.2, -0.15) is 4.68 Å². The molecule has 1 aromatic heterocycles. The molecule has 1 amide bonds. The van der Waals surface area contributed by atoms with Crippen LogP contribution in [-0.2, 0) is 0 Å². The molecular weight excluding hydrogens is 218 g/mol. The Morgan fingerprint density at radius 3 is 2.88 bits per heavy atom. The zero-order chi connectivity index (χ0) is 12.3. The van der Waals surface area contributed by atoms with Gasteiger partial charge in [-0.25, -0.2) is 4.79 Å². The van der Waals surface area contributed by atoms with Crippen LogP contribution in [-0.4, -0.2) is 22.4 Å². The first-order valence-electron chi connectivity index (χ1n) is 5.72. The maximum Gasteiger partial charge on any atom is 0.343 e. The van der Waals surface area contributed by atoms with Crippen molar-refractivity contribution in [3.05, 3.63) is 34.6 Å². The Morgan fingerprint density at radius 2 is 2.18 bits per heavy atom. The maximum absolute atomic E-state index is 11.9. The van der Waals surface area contributed by atoms with Crippen molar-refractivity contribution >= 4 is 16.9 Å². The summed E-state index contributed by atoms with van der Waals surface area (Å²) in [5.41, 5.74) is 0.359. The maximum atomic E-state index is 11.9. The normalized spacial score (nSPS) is 10.6. The number of carbonyl (C=O) groups is 1. The monoisotopic (exact) mass is 233 g/mol. The highest BCUT2D eigenvalue weighted by Gasteiger charge is 2.11. The number of benzene rings is 1. The van der Waals surface area contributed by atoms with Gasteiger partial charge in [0.1, 0.15) is 0 Å². The summed E-state index contributed by atoms with van der Waals surface area (Å²) in [5.74, 6) is 0. The van der Waals surface area contributed by atoms with Crippen molar-refractivity contribution in [2.45, 2.75) is 19.8 Å². The summed E-state index contributed by atoms with van der Waals surface area (Å²) in [6, 6.07) is 6.66. The van der Waals surface area contributed by atoms with Crippen LogP contribution in [0.25, 0.3) is 10.9 Å². The smallest absolute Gasteiger partial charge is 0.336 e. The van der Waals surface area contributed by atoms with Gasteiger partial charge in [-0.3, -0.25) is 9.89 Å². The van der Waals surface area contributed by atoms with E-state index in [2.05, 4.69) is 10.4 Å². The molecule has 2 rings (SSSR count). The molecule has 5 heteroatoms. The van der Waals surface area contributed by atoms with Crippen LogP contribution in [0.15, 0.2) is 29.1 Å². The Bertz CT molecular complexity index is 583. The zero-order valence-corrected chi connectivity index (χ0v) is 9.69. The van der Waals surface area contributed by atoms with Gasteiger partial charge in [0.15, 0.2) is 0 Å². The van der Waals surface area contributed by atoms with Crippen molar-refractivity contribution in [2.24, 2.45) is 0 Å². The van der Waals surface area contributed by atoms with Crippen LogP contribution in [0.4, 0.5) is 4.79 Å². The summed E-state index contributed by atoms with van der Waals surface area (Å²) >= 11 is 0. The molecule has 0 saturated heterocycles. The van der Waals surface area contributed by atoms with Gasteiger partial charge in [-0.05, 0) is 18.6 Å². The first kappa shape index (κ1) is 11.4. The number of aromatic nitrogens is 2. The highest BCUT2D eigenvalue weighted by Crippen LogP contribution is 2.05. The molecule has 0 aliphatic carbocycles. The molecule has 0 atom stereocenters. The van der Waals surface area contributed by atoms with Crippen LogP contribution in [0.1, 0.15) is 19.8 Å². The topological polar surface area (TPSA) is 66.9 Å². The van der Waals surface area contributed by atoms with E-state index >= 15 is 0 Å². The molecule has 90 valence electrons. The number of H-pyrrole nitrogens is 1. The Morgan fingerprint density at radius 1 is 1.41 bits per heavy atom. The molecule has 0 aliphatic rings. The first-order valence-corrected chi connectivity index (χ1v) is 5.72. The van der Waals surface area contributed by atoms with E-state index in [1.54, 1.807) is 18.2 Å². The third-order valence-corrected chi connectivity index (χ3v) is 2.60. The minimum atomic E-state index is -0.403. The van der Waals surface area contributed by atoms with Gasteiger partial charge in [0.05, 0.1) is 10.9 Å². The zero-order valence-electron chi connectivity index (χ0n) is 9.69. The van der Waals surface area contributed by atoms with E-state index in [0.717, 1.165) is 17.5 Å². The lowest BCUT2D eigenvalue weighted by molar-refractivity contribution is 0.239. The van der Waals surface area contributed by atoms with Crippen molar-refractivity contribution in [3.8, 4) is 0 Å². The van der Waals surface area contributed by atoms with Crippen LogP contribution in [0.5, 0.6) is 0 Å². The van der Waals surface area contributed by atoms with E-state index in [9.17, 15) is 9.59 Å². The Hall–Kier alpha value is -2.04. The van der Waals surface area contributed by atoms with Gasteiger partial charge in [-0.15, -0.1) is 0 Å². The van der Waals surface area contributed by atoms with Gasteiger partial charge in [0, 0.05) is 6.54 Å². The van der Waals surface area contributed by atoms with Crippen molar-refractivity contribution in [2.75, 3.05) is 6.54 Å². The number of hydrogen-bond donors (Lipinski definition) is 2. The number of hydrogen-bond acceptors (Lipinski definition) is 2. The van der Waals surface area contributed by atoms with Crippen molar-refractivity contribution in [1.82, 2.24) is 15.1 Å². The minimum absolute atomic E-state index is 0.311. The molecule has 0 radical (unpaired) electrons. The summed E-state index contributed by atoms with van der Waals surface area (Å²) in [7, 11) is 0. The first-order chi connectivity index (χ1) is 8.24. The fourth-order valence-electron chi connectivity index (χ4n) is 1.65. The third-order valence-electron chi connectivity index (χ3n) is 2.60. The van der Waals surface area contributed by atoms with E-state index in [1.807, 2.05) is 13.0 Å². The second kappa shape index (κ2) is 4.86. The summed E-state index contributed by atoms with van der Waals surface area (Å²) in [5, 5.41) is 6.00. The molecule has 0 bridgehead atoms. The molecule has 1 heterocycles. The standard InChI is InChI=1S/C12H15N3O2/c1-2-3-8-13-12(17)15-11(16)9-6-4-5-7-10(9)14-15/h4-7,14H,2-3,8H2,1H3,(H,13,17). The van der Waals surface area contributed by atoms with Gasteiger partial charge in [0.2, 0.25) is 0 Å². The lowest BCUT2D eigenvalue weighted by Crippen LogP contribution is -2.35. The van der Waals surface area contributed by atoms with Crippen LogP contribution < -0.4 is 10.9 Å². The van der Waals surface area contributed by atoms with E-state index in [-0.39, 0.29) is 5.56 Å². The van der Waals surface area contributed by atoms with E-state index < -0.39 is 6.03 Å². The van der Waals surface area contributed by atoms with E-state index in [4.69, 9.17) is 0 Å². The molecule has 2 N–H and O–H groups in total. The van der Waals surface area contributed by atoms with Crippen molar-refractivity contribution in [1.29, 1.82) is 0 Å². The van der Waals surface area contributed by atoms with E-state index in [1.165, 1.54) is 0 Å². The molecule has 2 aromatic rings. The van der Waals surface area contributed by atoms with Gasteiger partial charge >= 0.3 is 6.03 Å². The number of amides is 1. The van der Waals surface area contributed by atoms with Crippen molar-refractivity contribution < 1.29 is 4.79 Å². The van der Waals surface area contributed by atoms with Crippen molar-refractivity contribution in [3.63, 3.8) is 0 Å². The number of para-hydroxylation sites is 1. The number of nitrogens with one attached hydrogen (secondary N) is 2. The molecule has 0 fully saturated rings. The number of carbonyl (C=O) groups excluding carboxylic acids is 1. The minimum Gasteiger partial charge on any atom is -0.336 e. The number of nitrogens with zero attached hydrogens (tertiary/aromatic N) is 1. The lowest BCUT2D eigenvalue weighted by atomic mass is 10.3. The average molecular weight is 233 g/mol. The molecule has 0 aliphatic heterocycles.